The van der Waals surface area contributed by atoms with Crippen molar-refractivity contribution in [2.24, 2.45) is 5.92 Å². The van der Waals surface area contributed by atoms with Crippen molar-refractivity contribution in [1.82, 2.24) is 9.88 Å². The van der Waals surface area contributed by atoms with Gasteiger partial charge in [0.1, 0.15) is 0 Å². The van der Waals surface area contributed by atoms with E-state index in [2.05, 4.69) is 70.5 Å². The van der Waals surface area contributed by atoms with Crippen LogP contribution in [0.3, 0.4) is 0 Å². The molecule has 2 bridgehead atoms. The Morgan fingerprint density at radius 3 is 2.21 bits per heavy atom. The molecule has 2 heterocycles. The van der Waals surface area contributed by atoms with Gasteiger partial charge in [-0.2, -0.15) is 0 Å². The SMILES string of the molecule is c1cncc(CC2CCN(CC34CC(c5ccccc53)c3ccccc34)CC2)c1. The van der Waals surface area contributed by atoms with Gasteiger partial charge in [-0.1, -0.05) is 54.6 Å². The Hall–Kier alpha value is -2.45. The lowest BCUT2D eigenvalue weighted by Crippen LogP contribution is -2.44. The van der Waals surface area contributed by atoms with Crippen molar-refractivity contribution >= 4 is 0 Å². The molecule has 2 heteroatoms. The van der Waals surface area contributed by atoms with Gasteiger partial charge in [-0.25, -0.2) is 0 Å². The smallest absolute Gasteiger partial charge is 0.0344 e. The minimum atomic E-state index is 0.202. The maximum Gasteiger partial charge on any atom is 0.0344 e. The minimum absolute atomic E-state index is 0.202. The summed E-state index contributed by atoms with van der Waals surface area (Å²) in [6.45, 7) is 3.63. The van der Waals surface area contributed by atoms with Crippen LogP contribution in [0, 0.1) is 5.92 Å². The Morgan fingerprint density at radius 1 is 0.862 bits per heavy atom. The highest BCUT2D eigenvalue weighted by Gasteiger charge is 2.53. The summed E-state index contributed by atoms with van der Waals surface area (Å²) in [4.78, 5) is 7.04. The number of benzene rings is 2. The standard InChI is InChI=1S/C27H28N2/c1-3-9-25-22(7-1)24-17-27(25,26-10-4-2-8-23(24)26)19-29-14-11-20(12-15-29)16-21-6-5-13-28-18-21/h1-10,13,18,20,24H,11-12,14-17,19H2. The number of pyridine rings is 1. The molecule has 0 spiro atoms. The molecule has 0 amide bonds. The molecule has 1 aliphatic heterocycles. The lowest BCUT2D eigenvalue weighted by atomic mass is 9.74. The molecule has 1 saturated heterocycles. The van der Waals surface area contributed by atoms with Gasteiger partial charge in [0.2, 0.25) is 0 Å². The Bertz CT molecular complexity index is 970. The van der Waals surface area contributed by atoms with E-state index in [9.17, 15) is 0 Å². The Morgan fingerprint density at radius 2 is 1.55 bits per heavy atom. The van der Waals surface area contributed by atoms with E-state index in [4.69, 9.17) is 0 Å². The number of piperidine rings is 1. The fraction of sp³-hybridized carbons (Fsp3) is 0.370. The molecule has 0 radical (unpaired) electrons. The fourth-order valence-electron chi connectivity index (χ4n) is 6.39. The van der Waals surface area contributed by atoms with Crippen LogP contribution in [0.15, 0.2) is 73.1 Å². The van der Waals surface area contributed by atoms with Crippen LogP contribution >= 0.6 is 0 Å². The number of hydrogen-bond acceptors (Lipinski definition) is 2. The zero-order valence-electron chi connectivity index (χ0n) is 16.9. The van der Waals surface area contributed by atoms with Crippen molar-refractivity contribution < 1.29 is 0 Å². The molecule has 29 heavy (non-hydrogen) atoms. The Labute approximate surface area is 173 Å². The minimum Gasteiger partial charge on any atom is -0.302 e. The molecule has 2 nitrogen and oxygen atoms in total. The highest BCUT2D eigenvalue weighted by atomic mass is 15.1. The second-order valence-electron chi connectivity index (χ2n) is 9.30. The van der Waals surface area contributed by atoms with Crippen molar-refractivity contribution in [3.8, 4) is 0 Å². The molecular formula is C27H28N2. The van der Waals surface area contributed by atoms with Gasteiger partial charge in [-0.15, -0.1) is 0 Å². The van der Waals surface area contributed by atoms with E-state index in [0.717, 1.165) is 5.92 Å². The van der Waals surface area contributed by atoms with Crippen molar-refractivity contribution in [3.63, 3.8) is 0 Å². The van der Waals surface area contributed by atoms with E-state index in [1.54, 1.807) is 22.3 Å². The van der Waals surface area contributed by atoms with Gasteiger partial charge in [0.05, 0.1) is 0 Å². The molecule has 1 fully saturated rings. The van der Waals surface area contributed by atoms with Gasteiger partial charge in [0.15, 0.2) is 0 Å². The van der Waals surface area contributed by atoms with E-state index in [1.165, 1.54) is 50.9 Å². The predicted octanol–water partition coefficient (Wildman–Crippen LogP) is 5.17. The van der Waals surface area contributed by atoms with Gasteiger partial charge >= 0.3 is 0 Å². The zero-order valence-corrected chi connectivity index (χ0v) is 16.9. The second-order valence-corrected chi connectivity index (χ2v) is 9.30. The summed E-state index contributed by atoms with van der Waals surface area (Å²) in [5.74, 6) is 1.40. The highest BCUT2D eigenvalue weighted by Crippen LogP contribution is 2.60. The molecule has 3 aromatic rings. The van der Waals surface area contributed by atoms with Crippen LogP contribution < -0.4 is 0 Å². The van der Waals surface area contributed by atoms with Crippen molar-refractivity contribution in [2.75, 3.05) is 19.6 Å². The number of hydrogen-bond donors (Lipinski definition) is 0. The number of nitrogens with zero attached hydrogens (tertiary/aromatic N) is 2. The van der Waals surface area contributed by atoms with Gasteiger partial charge < -0.3 is 4.90 Å². The summed E-state index contributed by atoms with van der Waals surface area (Å²) < 4.78 is 0. The number of aromatic nitrogens is 1. The Balaban J connectivity index is 1.22. The van der Waals surface area contributed by atoms with Crippen molar-refractivity contribution in [1.29, 1.82) is 0 Å². The first kappa shape index (κ1) is 17.4. The quantitative estimate of drug-likeness (QED) is 0.621. The first-order valence-electron chi connectivity index (χ1n) is 11.1. The number of fused-ring (bicyclic) bond motifs is 8. The monoisotopic (exact) mass is 380 g/mol. The zero-order chi connectivity index (χ0) is 19.3. The van der Waals surface area contributed by atoms with Crippen LogP contribution in [0.4, 0.5) is 0 Å². The van der Waals surface area contributed by atoms with Crippen LogP contribution in [0.25, 0.3) is 0 Å². The fourth-order valence-corrected chi connectivity index (χ4v) is 6.39. The maximum atomic E-state index is 4.29. The molecule has 2 aromatic carbocycles. The average Bonchev–Trinajstić information content (AvgIpc) is 3.28. The maximum absolute atomic E-state index is 4.29. The van der Waals surface area contributed by atoms with Crippen LogP contribution in [0.1, 0.15) is 53.0 Å². The third-order valence-corrected chi connectivity index (χ3v) is 7.70. The van der Waals surface area contributed by atoms with Gasteiger partial charge in [-0.05, 0) is 78.6 Å². The predicted molar refractivity (Wildman–Crippen MR) is 117 cm³/mol. The molecule has 6 rings (SSSR count). The molecule has 2 aliphatic carbocycles. The molecule has 0 N–H and O–H groups in total. The third-order valence-electron chi connectivity index (χ3n) is 7.70. The van der Waals surface area contributed by atoms with E-state index >= 15 is 0 Å². The summed E-state index contributed by atoms with van der Waals surface area (Å²) in [5.41, 5.74) is 7.95. The summed E-state index contributed by atoms with van der Waals surface area (Å²) >= 11 is 0. The summed E-state index contributed by atoms with van der Waals surface area (Å²) in [6, 6.07) is 22.8. The highest BCUT2D eigenvalue weighted by molar-refractivity contribution is 5.62. The molecule has 0 unspecified atom stereocenters. The average molecular weight is 381 g/mol. The molecule has 3 aliphatic rings. The second kappa shape index (κ2) is 6.81. The van der Waals surface area contributed by atoms with Gasteiger partial charge in [0, 0.05) is 30.3 Å². The largest absolute Gasteiger partial charge is 0.302 e. The first-order valence-corrected chi connectivity index (χ1v) is 11.1. The van der Waals surface area contributed by atoms with Crippen LogP contribution in [-0.2, 0) is 11.8 Å². The molecule has 146 valence electrons. The van der Waals surface area contributed by atoms with Crippen LogP contribution in [0.5, 0.6) is 0 Å². The van der Waals surface area contributed by atoms with Gasteiger partial charge in [-0.3, -0.25) is 4.98 Å². The van der Waals surface area contributed by atoms with E-state index < -0.39 is 0 Å². The molecule has 0 atom stereocenters. The third kappa shape index (κ3) is 2.77. The number of likely N-dealkylation sites (tertiary alicyclic amines) is 1. The Kier molecular flexibility index (Phi) is 4.09. The molecular weight excluding hydrogens is 352 g/mol. The van der Waals surface area contributed by atoms with E-state index in [1.807, 2.05) is 12.4 Å². The van der Waals surface area contributed by atoms with E-state index in [0.29, 0.717) is 5.92 Å². The number of rotatable bonds is 4. The molecule has 0 saturated carbocycles. The first-order chi connectivity index (χ1) is 14.3. The normalized spacial score (nSPS) is 25.7. The lowest BCUT2D eigenvalue weighted by molar-refractivity contribution is 0.158. The van der Waals surface area contributed by atoms with Crippen LogP contribution in [-0.4, -0.2) is 29.5 Å². The van der Waals surface area contributed by atoms with Gasteiger partial charge in [0.25, 0.3) is 0 Å². The summed E-state index contributed by atoms with van der Waals surface area (Å²) in [5, 5.41) is 0. The van der Waals surface area contributed by atoms with E-state index in [-0.39, 0.29) is 5.41 Å². The van der Waals surface area contributed by atoms with Crippen LogP contribution in [0.2, 0.25) is 0 Å². The lowest BCUT2D eigenvalue weighted by Gasteiger charge is -2.40. The summed E-state index contributed by atoms with van der Waals surface area (Å²) in [7, 11) is 0. The van der Waals surface area contributed by atoms with Crippen molar-refractivity contribution in [2.45, 2.75) is 37.0 Å². The topological polar surface area (TPSA) is 16.1 Å². The summed E-state index contributed by atoms with van der Waals surface area (Å²) in [6.07, 6.45) is 8.96. The molecule has 1 aromatic heterocycles. The van der Waals surface area contributed by atoms with Crippen molar-refractivity contribution in [3.05, 3.63) is 101 Å².